The molecule has 30 heavy (non-hydrogen) atoms. The summed E-state index contributed by atoms with van der Waals surface area (Å²) < 4.78 is 18.5. The molecule has 1 aliphatic carbocycles. The summed E-state index contributed by atoms with van der Waals surface area (Å²) in [5.41, 5.74) is 6.07. The lowest BCUT2D eigenvalue weighted by atomic mass is 9.77. The standard InChI is InChI=1S/C25H32BNO3/c1-17-6-7-19-14-27(15-24(2,3)29-23(19)12-17)22-11-9-18-8-10-20(13-21(18)22)26-28-16-25(4,5)30-26/h6-8,10,12-13,22H,9,11,14-16H2,1-5H3. The van der Waals surface area contributed by atoms with E-state index < -0.39 is 0 Å². The molecule has 2 aromatic rings. The van der Waals surface area contributed by atoms with Crippen molar-refractivity contribution >= 4 is 12.6 Å². The number of rotatable bonds is 2. The molecule has 4 nitrogen and oxygen atoms in total. The van der Waals surface area contributed by atoms with Gasteiger partial charge in [0.1, 0.15) is 11.4 Å². The molecule has 2 heterocycles. The van der Waals surface area contributed by atoms with Gasteiger partial charge in [-0.25, -0.2) is 0 Å². The summed E-state index contributed by atoms with van der Waals surface area (Å²) in [6.45, 7) is 13.1. The fraction of sp³-hybridized carbons (Fsp3) is 0.520. The van der Waals surface area contributed by atoms with Gasteiger partial charge in [0, 0.05) is 24.7 Å². The highest BCUT2D eigenvalue weighted by Gasteiger charge is 2.40. The van der Waals surface area contributed by atoms with Crippen LogP contribution in [0.5, 0.6) is 5.75 Å². The van der Waals surface area contributed by atoms with Crippen LogP contribution in [0, 0.1) is 6.92 Å². The van der Waals surface area contributed by atoms with Gasteiger partial charge in [-0.1, -0.05) is 30.3 Å². The van der Waals surface area contributed by atoms with E-state index in [0.29, 0.717) is 12.6 Å². The zero-order chi connectivity index (χ0) is 21.1. The zero-order valence-electron chi connectivity index (χ0n) is 18.8. The molecule has 0 amide bonds. The molecule has 2 aromatic carbocycles. The Morgan fingerprint density at radius 2 is 1.80 bits per heavy atom. The van der Waals surface area contributed by atoms with E-state index in [4.69, 9.17) is 14.0 Å². The normalized spacial score (nSPS) is 24.8. The first-order valence-corrected chi connectivity index (χ1v) is 11.1. The van der Waals surface area contributed by atoms with E-state index in [-0.39, 0.29) is 18.3 Å². The molecule has 1 saturated heterocycles. The van der Waals surface area contributed by atoms with Crippen LogP contribution in [0.25, 0.3) is 0 Å². The Balaban J connectivity index is 1.46. The van der Waals surface area contributed by atoms with Crippen LogP contribution in [0.4, 0.5) is 0 Å². The van der Waals surface area contributed by atoms with Crippen molar-refractivity contribution in [3.05, 3.63) is 58.7 Å². The highest BCUT2D eigenvalue weighted by Crippen LogP contribution is 2.40. The third-order valence-electron chi connectivity index (χ3n) is 6.50. The van der Waals surface area contributed by atoms with E-state index in [2.05, 4.69) is 75.9 Å². The molecule has 0 spiro atoms. The van der Waals surface area contributed by atoms with E-state index in [1.165, 1.54) is 22.3 Å². The topological polar surface area (TPSA) is 30.9 Å². The maximum atomic E-state index is 6.45. The summed E-state index contributed by atoms with van der Waals surface area (Å²) in [7, 11) is -0.265. The maximum absolute atomic E-state index is 6.45. The van der Waals surface area contributed by atoms with Crippen LogP contribution in [0.3, 0.4) is 0 Å². The first-order valence-electron chi connectivity index (χ1n) is 11.1. The smallest absolute Gasteiger partial charge is 0.486 e. The number of hydrogen-bond acceptors (Lipinski definition) is 4. The molecule has 2 aliphatic heterocycles. The monoisotopic (exact) mass is 405 g/mol. The molecule has 1 fully saturated rings. The molecule has 5 rings (SSSR count). The molecule has 3 aliphatic rings. The van der Waals surface area contributed by atoms with Crippen LogP contribution in [-0.4, -0.2) is 36.4 Å². The average molecular weight is 405 g/mol. The van der Waals surface area contributed by atoms with Crippen LogP contribution in [0.2, 0.25) is 0 Å². The molecule has 0 bridgehead atoms. The van der Waals surface area contributed by atoms with Gasteiger partial charge in [0.25, 0.3) is 0 Å². The van der Waals surface area contributed by atoms with E-state index in [0.717, 1.165) is 37.1 Å². The molecular weight excluding hydrogens is 373 g/mol. The first kappa shape index (κ1) is 20.1. The zero-order valence-corrected chi connectivity index (χ0v) is 18.8. The van der Waals surface area contributed by atoms with E-state index in [1.54, 1.807) is 0 Å². The van der Waals surface area contributed by atoms with Crippen molar-refractivity contribution in [1.29, 1.82) is 0 Å². The Kier molecular flexibility index (Phi) is 4.77. The summed E-state index contributed by atoms with van der Waals surface area (Å²) in [5, 5.41) is 0. The summed E-state index contributed by atoms with van der Waals surface area (Å²) in [6.07, 6.45) is 2.27. The Morgan fingerprint density at radius 1 is 1.00 bits per heavy atom. The quantitative estimate of drug-likeness (QED) is 0.702. The maximum Gasteiger partial charge on any atom is 0.494 e. The fourth-order valence-electron chi connectivity index (χ4n) is 5.12. The minimum Gasteiger partial charge on any atom is -0.486 e. The van der Waals surface area contributed by atoms with Crippen molar-refractivity contribution in [3.63, 3.8) is 0 Å². The van der Waals surface area contributed by atoms with Crippen molar-refractivity contribution < 1.29 is 14.0 Å². The van der Waals surface area contributed by atoms with Crippen molar-refractivity contribution in [2.45, 2.75) is 71.2 Å². The molecular formula is C25H32BNO3. The summed E-state index contributed by atoms with van der Waals surface area (Å²) in [6, 6.07) is 13.8. The second-order valence-corrected chi connectivity index (χ2v) is 10.4. The van der Waals surface area contributed by atoms with Crippen LogP contribution in [0.1, 0.15) is 62.4 Å². The Morgan fingerprint density at radius 3 is 2.57 bits per heavy atom. The predicted molar refractivity (Wildman–Crippen MR) is 120 cm³/mol. The van der Waals surface area contributed by atoms with Gasteiger partial charge in [-0.3, -0.25) is 4.90 Å². The summed E-state index contributed by atoms with van der Waals surface area (Å²) in [4.78, 5) is 2.61. The van der Waals surface area contributed by atoms with Gasteiger partial charge in [0.05, 0.1) is 12.2 Å². The highest BCUT2D eigenvalue weighted by molar-refractivity contribution is 6.61. The van der Waals surface area contributed by atoms with Crippen molar-refractivity contribution in [2.75, 3.05) is 13.2 Å². The van der Waals surface area contributed by atoms with Crippen molar-refractivity contribution in [3.8, 4) is 5.75 Å². The molecule has 0 aromatic heterocycles. The second-order valence-electron chi connectivity index (χ2n) is 10.4. The molecule has 0 N–H and O–H groups in total. The van der Waals surface area contributed by atoms with E-state index in [1.807, 2.05) is 0 Å². The van der Waals surface area contributed by atoms with Gasteiger partial charge in [-0.2, -0.15) is 0 Å². The van der Waals surface area contributed by atoms with Crippen LogP contribution < -0.4 is 10.2 Å². The number of benzene rings is 2. The average Bonchev–Trinajstić information content (AvgIpc) is 3.21. The third kappa shape index (κ3) is 3.79. The lowest BCUT2D eigenvalue weighted by Gasteiger charge is -2.34. The Labute approximate surface area is 180 Å². The number of nitrogens with zero attached hydrogens (tertiary/aromatic N) is 1. The SMILES string of the molecule is Cc1ccc2c(c1)OC(C)(C)CN(C1CCc3ccc(B4OCC(C)(C)O4)cc31)C2. The molecule has 5 heteroatoms. The Hall–Kier alpha value is -1.82. The van der Waals surface area contributed by atoms with Gasteiger partial charge in [-0.05, 0) is 75.7 Å². The van der Waals surface area contributed by atoms with Crippen molar-refractivity contribution in [1.82, 2.24) is 4.90 Å². The van der Waals surface area contributed by atoms with Gasteiger partial charge in [-0.15, -0.1) is 0 Å². The summed E-state index contributed by atoms with van der Waals surface area (Å²) in [5.74, 6) is 1.03. The summed E-state index contributed by atoms with van der Waals surface area (Å²) >= 11 is 0. The van der Waals surface area contributed by atoms with Gasteiger partial charge < -0.3 is 14.0 Å². The minimum atomic E-state index is -0.265. The van der Waals surface area contributed by atoms with Crippen molar-refractivity contribution in [2.24, 2.45) is 0 Å². The van der Waals surface area contributed by atoms with Crippen LogP contribution in [-0.2, 0) is 22.3 Å². The predicted octanol–water partition coefficient (Wildman–Crippen LogP) is 4.18. The van der Waals surface area contributed by atoms with Crippen LogP contribution in [0.15, 0.2) is 36.4 Å². The first-order chi connectivity index (χ1) is 14.2. The number of aryl methyl sites for hydroxylation is 2. The van der Waals surface area contributed by atoms with E-state index in [9.17, 15) is 0 Å². The molecule has 158 valence electrons. The van der Waals surface area contributed by atoms with Gasteiger partial charge in [0.2, 0.25) is 0 Å². The minimum absolute atomic E-state index is 0.225. The molecule has 0 saturated carbocycles. The molecule has 1 atom stereocenters. The lowest BCUT2D eigenvalue weighted by molar-refractivity contribution is 0.0521. The number of fused-ring (bicyclic) bond motifs is 2. The van der Waals surface area contributed by atoms with Gasteiger partial charge >= 0.3 is 7.12 Å². The van der Waals surface area contributed by atoms with Crippen LogP contribution >= 0.6 is 0 Å². The second kappa shape index (κ2) is 7.11. The molecule has 1 unspecified atom stereocenters. The van der Waals surface area contributed by atoms with Gasteiger partial charge in [0.15, 0.2) is 0 Å². The number of ether oxygens (including phenoxy) is 1. The number of hydrogen-bond donors (Lipinski definition) is 0. The third-order valence-corrected chi connectivity index (χ3v) is 6.50. The lowest BCUT2D eigenvalue weighted by Crippen LogP contribution is -2.42. The van der Waals surface area contributed by atoms with E-state index >= 15 is 0 Å². The Bertz CT molecular complexity index is 971. The fourth-order valence-corrected chi connectivity index (χ4v) is 5.12. The highest BCUT2D eigenvalue weighted by atomic mass is 16.7. The molecule has 0 radical (unpaired) electrons. The largest absolute Gasteiger partial charge is 0.494 e.